The number of carbonyl (C=O) groups is 1. The Bertz CT molecular complexity index is 449. The molecule has 1 aliphatic rings. The zero-order chi connectivity index (χ0) is 14.4. The second-order valence-electron chi connectivity index (χ2n) is 5.88. The van der Waals surface area contributed by atoms with Crippen LogP contribution in [0.5, 0.6) is 0 Å². The fraction of sp³-hybridized carbons (Fsp3) is 0.562. The highest BCUT2D eigenvalue weighted by molar-refractivity contribution is 5.90. The summed E-state index contributed by atoms with van der Waals surface area (Å²) in [6.07, 6.45) is 2.80. The molecular formula is C16H27Cl2N3O. The molecule has 0 radical (unpaired) electrons. The summed E-state index contributed by atoms with van der Waals surface area (Å²) in [6, 6.07) is 8.08. The number of anilines is 1. The predicted octanol–water partition coefficient (Wildman–Crippen LogP) is 2.92. The highest BCUT2D eigenvalue weighted by Crippen LogP contribution is 2.16. The number of rotatable bonds is 6. The van der Waals surface area contributed by atoms with Gasteiger partial charge in [-0.25, -0.2) is 0 Å². The Balaban J connectivity index is 0.00000220. The van der Waals surface area contributed by atoms with Gasteiger partial charge in [0.2, 0.25) is 5.91 Å². The molecular weight excluding hydrogens is 321 g/mol. The topological polar surface area (TPSA) is 44.4 Å². The zero-order valence-electron chi connectivity index (χ0n) is 13.3. The summed E-state index contributed by atoms with van der Waals surface area (Å²) in [5.41, 5.74) is 2.12. The summed E-state index contributed by atoms with van der Waals surface area (Å²) >= 11 is 0. The molecule has 22 heavy (non-hydrogen) atoms. The lowest BCUT2D eigenvalue weighted by Crippen LogP contribution is -2.15. The van der Waals surface area contributed by atoms with Gasteiger partial charge in [0, 0.05) is 18.7 Å². The first kappa shape index (κ1) is 21.2. The minimum atomic E-state index is 0. The number of amides is 1. The van der Waals surface area contributed by atoms with Gasteiger partial charge in [0.15, 0.2) is 0 Å². The Morgan fingerprint density at radius 1 is 1.36 bits per heavy atom. The maximum atomic E-state index is 12.0. The number of nitrogens with one attached hydrogen (secondary N) is 2. The first-order valence-electron chi connectivity index (χ1n) is 7.38. The third-order valence-corrected chi connectivity index (χ3v) is 3.65. The van der Waals surface area contributed by atoms with Crippen LogP contribution in [-0.4, -0.2) is 38.0 Å². The highest BCUT2D eigenvalue weighted by Gasteiger charge is 2.15. The van der Waals surface area contributed by atoms with Crippen LogP contribution in [0.1, 0.15) is 24.8 Å². The Kier molecular flexibility index (Phi) is 10.4. The number of hydrogen-bond donors (Lipinski definition) is 2. The quantitative estimate of drug-likeness (QED) is 0.831. The third kappa shape index (κ3) is 7.45. The Labute approximate surface area is 145 Å². The van der Waals surface area contributed by atoms with Gasteiger partial charge in [-0.15, -0.1) is 24.8 Å². The first-order valence-corrected chi connectivity index (χ1v) is 7.38. The number of benzene rings is 1. The molecule has 1 atom stereocenters. The molecule has 1 aromatic rings. The van der Waals surface area contributed by atoms with Crippen molar-refractivity contribution in [2.75, 3.05) is 32.5 Å². The molecule has 2 N–H and O–H groups in total. The normalized spacial score (nSPS) is 16.8. The van der Waals surface area contributed by atoms with E-state index in [-0.39, 0.29) is 30.7 Å². The fourth-order valence-corrected chi connectivity index (χ4v) is 2.63. The van der Waals surface area contributed by atoms with E-state index in [1.165, 1.54) is 12.0 Å². The van der Waals surface area contributed by atoms with Gasteiger partial charge in [0.25, 0.3) is 0 Å². The summed E-state index contributed by atoms with van der Waals surface area (Å²) in [6.45, 7) is 3.04. The van der Waals surface area contributed by atoms with Crippen LogP contribution in [0.4, 0.5) is 5.69 Å². The van der Waals surface area contributed by atoms with Crippen molar-refractivity contribution in [2.24, 2.45) is 5.92 Å². The van der Waals surface area contributed by atoms with Crippen molar-refractivity contribution in [3.8, 4) is 0 Å². The third-order valence-electron chi connectivity index (χ3n) is 3.65. The van der Waals surface area contributed by atoms with Gasteiger partial charge >= 0.3 is 0 Å². The van der Waals surface area contributed by atoms with Crippen LogP contribution in [0, 0.1) is 5.92 Å². The Morgan fingerprint density at radius 2 is 2.14 bits per heavy atom. The summed E-state index contributed by atoms with van der Waals surface area (Å²) in [5.74, 6) is 0.791. The smallest absolute Gasteiger partial charge is 0.224 e. The van der Waals surface area contributed by atoms with E-state index in [0.29, 0.717) is 12.3 Å². The van der Waals surface area contributed by atoms with E-state index < -0.39 is 0 Å². The molecule has 0 aromatic heterocycles. The van der Waals surface area contributed by atoms with Crippen LogP contribution >= 0.6 is 24.8 Å². The van der Waals surface area contributed by atoms with Crippen molar-refractivity contribution in [1.29, 1.82) is 0 Å². The number of hydrogen-bond acceptors (Lipinski definition) is 3. The molecule has 0 spiro atoms. The van der Waals surface area contributed by atoms with E-state index in [9.17, 15) is 4.79 Å². The molecule has 1 heterocycles. The molecule has 6 heteroatoms. The van der Waals surface area contributed by atoms with Crippen LogP contribution < -0.4 is 10.6 Å². The van der Waals surface area contributed by atoms with E-state index in [4.69, 9.17) is 0 Å². The lowest BCUT2D eigenvalue weighted by Gasteiger charge is -2.12. The number of halogens is 2. The minimum absolute atomic E-state index is 0. The van der Waals surface area contributed by atoms with Crippen LogP contribution in [0.25, 0.3) is 0 Å². The van der Waals surface area contributed by atoms with Crippen molar-refractivity contribution in [1.82, 2.24) is 10.2 Å². The molecule has 2 rings (SSSR count). The van der Waals surface area contributed by atoms with E-state index in [0.717, 1.165) is 31.7 Å². The molecule has 1 fully saturated rings. The van der Waals surface area contributed by atoms with Crippen LogP contribution in [-0.2, 0) is 11.3 Å². The van der Waals surface area contributed by atoms with Crippen LogP contribution in [0.15, 0.2) is 24.3 Å². The first-order chi connectivity index (χ1) is 9.63. The van der Waals surface area contributed by atoms with Crippen LogP contribution in [0.2, 0.25) is 0 Å². The fourth-order valence-electron chi connectivity index (χ4n) is 2.63. The standard InChI is InChI=1S/C16H25N3O.2ClH/c1-19(2)12-14-4-3-5-15(10-14)18-16(20)7-6-13-8-9-17-11-13;;/h3-5,10,13,17H,6-9,11-12H2,1-2H3,(H,18,20);2*1H. The van der Waals surface area contributed by atoms with Crippen molar-refractivity contribution in [2.45, 2.75) is 25.8 Å². The molecule has 1 amide bonds. The van der Waals surface area contributed by atoms with Gasteiger partial charge in [0.05, 0.1) is 0 Å². The minimum Gasteiger partial charge on any atom is -0.326 e. The van der Waals surface area contributed by atoms with Gasteiger partial charge in [-0.2, -0.15) is 0 Å². The van der Waals surface area contributed by atoms with Gasteiger partial charge in [-0.3, -0.25) is 4.79 Å². The largest absolute Gasteiger partial charge is 0.326 e. The van der Waals surface area contributed by atoms with E-state index >= 15 is 0 Å². The number of carbonyl (C=O) groups excluding carboxylic acids is 1. The Morgan fingerprint density at radius 3 is 2.77 bits per heavy atom. The predicted molar refractivity (Wildman–Crippen MR) is 97.2 cm³/mol. The molecule has 1 saturated heterocycles. The molecule has 0 bridgehead atoms. The van der Waals surface area contributed by atoms with Crippen molar-refractivity contribution >= 4 is 36.4 Å². The highest BCUT2D eigenvalue weighted by atomic mass is 35.5. The average Bonchev–Trinajstić information content (AvgIpc) is 2.89. The lowest BCUT2D eigenvalue weighted by atomic mass is 10.0. The summed E-state index contributed by atoms with van der Waals surface area (Å²) in [7, 11) is 4.09. The maximum absolute atomic E-state index is 12.0. The molecule has 1 unspecified atom stereocenters. The van der Waals surface area contributed by atoms with Gasteiger partial charge in [-0.1, -0.05) is 12.1 Å². The lowest BCUT2D eigenvalue weighted by molar-refractivity contribution is -0.116. The SMILES string of the molecule is CN(C)Cc1cccc(NC(=O)CCC2CCNC2)c1.Cl.Cl. The van der Waals surface area contributed by atoms with Gasteiger partial charge in [-0.05, 0) is 63.6 Å². The second kappa shape index (κ2) is 10.8. The van der Waals surface area contributed by atoms with E-state index in [1.807, 2.05) is 26.2 Å². The average molecular weight is 348 g/mol. The van der Waals surface area contributed by atoms with Crippen molar-refractivity contribution in [3.63, 3.8) is 0 Å². The molecule has 1 aliphatic heterocycles. The number of nitrogens with zero attached hydrogens (tertiary/aromatic N) is 1. The monoisotopic (exact) mass is 347 g/mol. The van der Waals surface area contributed by atoms with Crippen LogP contribution in [0.3, 0.4) is 0 Å². The second-order valence-corrected chi connectivity index (χ2v) is 5.88. The van der Waals surface area contributed by atoms with Gasteiger partial charge in [0.1, 0.15) is 0 Å². The molecule has 0 saturated carbocycles. The molecule has 0 aliphatic carbocycles. The van der Waals surface area contributed by atoms with E-state index in [2.05, 4.69) is 27.7 Å². The van der Waals surface area contributed by atoms with Gasteiger partial charge < -0.3 is 15.5 Å². The summed E-state index contributed by atoms with van der Waals surface area (Å²) < 4.78 is 0. The molecule has 126 valence electrons. The van der Waals surface area contributed by atoms with E-state index in [1.54, 1.807) is 0 Å². The molecule has 1 aromatic carbocycles. The zero-order valence-corrected chi connectivity index (χ0v) is 14.9. The van der Waals surface area contributed by atoms with Crippen molar-refractivity contribution in [3.05, 3.63) is 29.8 Å². The summed E-state index contributed by atoms with van der Waals surface area (Å²) in [4.78, 5) is 14.1. The Hall–Kier alpha value is -0.810. The van der Waals surface area contributed by atoms with Crippen molar-refractivity contribution < 1.29 is 4.79 Å². The summed E-state index contributed by atoms with van der Waals surface area (Å²) in [5, 5.41) is 6.34. The maximum Gasteiger partial charge on any atom is 0.224 e. The molecule has 4 nitrogen and oxygen atoms in total.